The van der Waals surface area contributed by atoms with Crippen LogP contribution < -0.4 is 0 Å². The van der Waals surface area contributed by atoms with E-state index >= 15 is 0 Å². The number of ether oxygens (including phenoxy) is 2. The zero-order valence-electron chi connectivity index (χ0n) is 15.4. The number of nitrogens with zero attached hydrogens (tertiary/aromatic N) is 1. The van der Waals surface area contributed by atoms with Crippen molar-refractivity contribution in [2.45, 2.75) is 64.0 Å². The van der Waals surface area contributed by atoms with E-state index < -0.39 is 35.9 Å². The van der Waals surface area contributed by atoms with Gasteiger partial charge in [-0.1, -0.05) is 46.3 Å². The Kier molecular flexibility index (Phi) is 7.06. The van der Waals surface area contributed by atoms with Crippen LogP contribution in [0.2, 0.25) is 0 Å². The van der Waals surface area contributed by atoms with Gasteiger partial charge in [-0.25, -0.2) is 9.59 Å². The number of alkyl halides is 1. The van der Waals surface area contributed by atoms with Crippen molar-refractivity contribution in [1.82, 2.24) is 4.90 Å². The number of halogens is 1. The third-order valence-electron chi connectivity index (χ3n) is 4.13. The summed E-state index contributed by atoms with van der Waals surface area (Å²) in [6.45, 7) is 5.45. The molecule has 1 aliphatic heterocycles. The summed E-state index contributed by atoms with van der Waals surface area (Å²) >= 11 is 3.24. The molecule has 1 aromatic carbocycles. The lowest BCUT2D eigenvalue weighted by molar-refractivity contribution is -0.160. The highest BCUT2D eigenvalue weighted by Crippen LogP contribution is 2.30. The number of hydrogen-bond donors (Lipinski definition) is 1. The van der Waals surface area contributed by atoms with Crippen molar-refractivity contribution in [1.29, 1.82) is 0 Å². The van der Waals surface area contributed by atoms with Crippen molar-refractivity contribution in [2.24, 2.45) is 0 Å². The van der Waals surface area contributed by atoms with Crippen LogP contribution in [-0.4, -0.2) is 51.2 Å². The molecule has 1 fully saturated rings. The summed E-state index contributed by atoms with van der Waals surface area (Å²) in [7, 11) is 0. The first-order chi connectivity index (χ1) is 12.2. The fourth-order valence-corrected chi connectivity index (χ4v) is 3.41. The van der Waals surface area contributed by atoms with Crippen molar-refractivity contribution < 1.29 is 24.2 Å². The molecule has 0 aliphatic carbocycles. The Morgan fingerprint density at radius 1 is 1.27 bits per heavy atom. The van der Waals surface area contributed by atoms with Crippen molar-refractivity contribution in [3.8, 4) is 0 Å². The van der Waals surface area contributed by atoms with Crippen LogP contribution in [0.25, 0.3) is 0 Å². The number of likely N-dealkylation sites (tertiary alicyclic amines) is 1. The minimum absolute atomic E-state index is 0.105. The topological polar surface area (TPSA) is 76.1 Å². The van der Waals surface area contributed by atoms with Crippen LogP contribution in [0.3, 0.4) is 0 Å². The molecule has 1 amide bonds. The van der Waals surface area contributed by atoms with Gasteiger partial charge in [0.2, 0.25) is 0 Å². The number of carbonyl (C=O) groups excluding carboxylic acids is 2. The fraction of sp³-hybridized carbons (Fsp3) is 0.579. The van der Waals surface area contributed by atoms with Crippen LogP contribution >= 0.6 is 15.9 Å². The van der Waals surface area contributed by atoms with Gasteiger partial charge in [-0.3, -0.25) is 4.90 Å². The monoisotopic (exact) mass is 427 g/mol. The molecule has 0 aromatic heterocycles. The summed E-state index contributed by atoms with van der Waals surface area (Å²) in [6, 6.07) is 8.07. The minimum Gasteiger partial charge on any atom is -0.458 e. The van der Waals surface area contributed by atoms with E-state index in [-0.39, 0.29) is 6.61 Å². The van der Waals surface area contributed by atoms with Crippen LogP contribution in [0.15, 0.2) is 30.3 Å². The molecule has 1 aromatic rings. The van der Waals surface area contributed by atoms with Crippen molar-refractivity contribution in [3.63, 3.8) is 0 Å². The first kappa shape index (κ1) is 20.7. The van der Waals surface area contributed by atoms with E-state index in [1.807, 2.05) is 30.3 Å². The van der Waals surface area contributed by atoms with Gasteiger partial charge in [-0.15, -0.1) is 0 Å². The van der Waals surface area contributed by atoms with Crippen LogP contribution in [-0.2, 0) is 20.9 Å². The van der Waals surface area contributed by atoms with Gasteiger partial charge < -0.3 is 14.6 Å². The Morgan fingerprint density at radius 3 is 2.50 bits per heavy atom. The van der Waals surface area contributed by atoms with Gasteiger partial charge in [0.05, 0.1) is 12.1 Å². The molecule has 1 N–H and O–H groups in total. The van der Waals surface area contributed by atoms with Gasteiger partial charge in [-0.2, -0.15) is 0 Å². The maximum Gasteiger partial charge on any atom is 0.411 e. The van der Waals surface area contributed by atoms with Crippen LogP contribution in [0.4, 0.5) is 4.79 Å². The zero-order valence-corrected chi connectivity index (χ0v) is 16.9. The molecule has 1 aliphatic rings. The number of carbonyl (C=O) groups is 2. The van der Waals surface area contributed by atoms with E-state index in [1.54, 1.807) is 20.8 Å². The molecule has 3 atom stereocenters. The number of benzene rings is 1. The molecular formula is C19H26BrNO5. The van der Waals surface area contributed by atoms with Crippen LogP contribution in [0, 0.1) is 0 Å². The fourth-order valence-electron chi connectivity index (χ4n) is 2.98. The minimum atomic E-state index is -0.785. The average Bonchev–Trinajstić information content (AvgIpc) is 3.03. The second-order valence-electron chi connectivity index (χ2n) is 7.36. The third-order valence-corrected chi connectivity index (χ3v) is 4.79. The lowest BCUT2D eigenvalue weighted by Crippen LogP contribution is -2.51. The Labute approximate surface area is 162 Å². The van der Waals surface area contributed by atoms with E-state index in [0.717, 1.165) is 5.56 Å². The predicted octanol–water partition coefficient (Wildman–Crippen LogP) is 3.25. The van der Waals surface area contributed by atoms with Crippen LogP contribution in [0.5, 0.6) is 0 Å². The lowest BCUT2D eigenvalue weighted by atomic mass is 10.1. The molecular weight excluding hydrogens is 402 g/mol. The van der Waals surface area contributed by atoms with Crippen molar-refractivity contribution in [2.75, 3.05) is 5.33 Å². The number of esters is 1. The van der Waals surface area contributed by atoms with E-state index in [0.29, 0.717) is 18.2 Å². The SMILES string of the molecule is CC(C)(C)OC(=O)[C@@H]1CC[C@H](C(O)CBr)N1C(=O)OCc1ccccc1. The summed E-state index contributed by atoms with van der Waals surface area (Å²) in [5.41, 5.74) is 0.203. The second-order valence-corrected chi connectivity index (χ2v) is 8.01. The molecule has 6 nitrogen and oxygen atoms in total. The molecule has 0 radical (unpaired) electrons. The Balaban J connectivity index is 2.12. The third kappa shape index (κ3) is 5.45. The first-order valence-electron chi connectivity index (χ1n) is 8.69. The largest absolute Gasteiger partial charge is 0.458 e. The quantitative estimate of drug-likeness (QED) is 0.576. The smallest absolute Gasteiger partial charge is 0.411 e. The second kappa shape index (κ2) is 8.86. The van der Waals surface area contributed by atoms with Gasteiger partial charge in [-0.05, 0) is 39.2 Å². The molecule has 144 valence electrons. The molecule has 0 saturated carbocycles. The molecule has 0 bridgehead atoms. The van der Waals surface area contributed by atoms with E-state index in [2.05, 4.69) is 15.9 Å². The van der Waals surface area contributed by atoms with E-state index in [4.69, 9.17) is 9.47 Å². The number of hydrogen-bond acceptors (Lipinski definition) is 5. The Morgan fingerprint density at radius 2 is 1.92 bits per heavy atom. The van der Waals surface area contributed by atoms with E-state index in [9.17, 15) is 14.7 Å². The highest BCUT2D eigenvalue weighted by molar-refractivity contribution is 9.09. The van der Waals surface area contributed by atoms with Gasteiger partial charge >= 0.3 is 12.1 Å². The van der Waals surface area contributed by atoms with Gasteiger partial charge in [0.1, 0.15) is 18.2 Å². The summed E-state index contributed by atoms with van der Waals surface area (Å²) in [5, 5.41) is 10.6. The summed E-state index contributed by atoms with van der Waals surface area (Å²) in [4.78, 5) is 26.6. The van der Waals surface area contributed by atoms with Crippen LogP contribution in [0.1, 0.15) is 39.2 Å². The van der Waals surface area contributed by atoms with Crippen molar-refractivity contribution >= 4 is 28.0 Å². The lowest BCUT2D eigenvalue weighted by Gasteiger charge is -2.32. The van der Waals surface area contributed by atoms with Gasteiger partial charge in [0.15, 0.2) is 0 Å². The molecule has 1 heterocycles. The summed E-state index contributed by atoms with van der Waals surface area (Å²) in [6.07, 6.45) is -0.458. The standard InChI is InChI=1S/C19H26BrNO5/c1-19(2,3)26-17(23)15-10-9-14(16(22)11-20)21(15)18(24)25-12-13-7-5-4-6-8-13/h4-8,14-16,22H,9-12H2,1-3H3/t14-,15+,16?/m1/s1. The van der Waals surface area contributed by atoms with Crippen molar-refractivity contribution in [3.05, 3.63) is 35.9 Å². The average molecular weight is 428 g/mol. The van der Waals surface area contributed by atoms with E-state index in [1.165, 1.54) is 4.90 Å². The highest BCUT2D eigenvalue weighted by atomic mass is 79.9. The van der Waals surface area contributed by atoms with Gasteiger partial charge in [0.25, 0.3) is 0 Å². The maximum absolute atomic E-state index is 12.7. The summed E-state index contributed by atoms with van der Waals surface area (Å²) in [5.74, 6) is -0.474. The van der Waals surface area contributed by atoms with Gasteiger partial charge in [0, 0.05) is 5.33 Å². The maximum atomic E-state index is 12.7. The number of aliphatic hydroxyl groups excluding tert-OH is 1. The number of rotatable bonds is 5. The molecule has 7 heteroatoms. The molecule has 2 rings (SSSR count). The zero-order chi connectivity index (χ0) is 19.3. The predicted molar refractivity (Wildman–Crippen MR) is 101 cm³/mol. The molecule has 1 saturated heterocycles. The Hall–Kier alpha value is -1.60. The molecule has 0 spiro atoms. The molecule has 26 heavy (non-hydrogen) atoms. The number of amides is 1. The number of aliphatic hydroxyl groups is 1. The normalized spacial score (nSPS) is 21.3. The highest BCUT2D eigenvalue weighted by Gasteiger charge is 2.46. The Bertz CT molecular complexity index is 616. The summed E-state index contributed by atoms with van der Waals surface area (Å²) < 4.78 is 10.8. The first-order valence-corrected chi connectivity index (χ1v) is 9.81. The molecule has 1 unspecified atom stereocenters.